The van der Waals surface area contributed by atoms with Gasteiger partial charge in [-0.25, -0.2) is 0 Å². The Morgan fingerprint density at radius 2 is 2.10 bits per heavy atom. The van der Waals surface area contributed by atoms with Gasteiger partial charge in [0.05, 0.1) is 0 Å². The molecule has 0 spiro atoms. The molecule has 0 atom stereocenters. The summed E-state index contributed by atoms with van der Waals surface area (Å²) in [5, 5.41) is 2.37. The molecule has 0 aromatic heterocycles. The topological polar surface area (TPSA) is 0 Å². The summed E-state index contributed by atoms with van der Waals surface area (Å²) in [6.45, 7) is 6.04. The van der Waals surface area contributed by atoms with E-state index in [0.717, 1.165) is 11.6 Å². The lowest BCUT2D eigenvalue weighted by Gasteiger charge is -1.85. The van der Waals surface area contributed by atoms with Gasteiger partial charge in [-0.3, -0.25) is 0 Å². The van der Waals surface area contributed by atoms with Crippen LogP contribution in [0.1, 0.15) is 13.3 Å². The van der Waals surface area contributed by atoms with E-state index in [0.29, 0.717) is 0 Å². The third kappa shape index (κ3) is 1.47. The highest BCUT2D eigenvalue weighted by molar-refractivity contribution is 5.25. The third-order valence-corrected chi connectivity index (χ3v) is 1.48. The molecule has 0 radical (unpaired) electrons. The van der Waals surface area contributed by atoms with E-state index in [1.54, 1.807) is 0 Å². The molecule has 0 nitrogen and oxygen atoms in total. The summed E-state index contributed by atoms with van der Waals surface area (Å²) < 4.78 is 0. The van der Waals surface area contributed by atoms with E-state index >= 15 is 0 Å². The van der Waals surface area contributed by atoms with Crippen LogP contribution in [-0.2, 0) is 0 Å². The second-order valence-electron chi connectivity index (χ2n) is 2.31. The van der Waals surface area contributed by atoms with Crippen molar-refractivity contribution in [2.75, 3.05) is 0 Å². The van der Waals surface area contributed by atoms with Crippen molar-refractivity contribution in [2.24, 2.45) is 0 Å². The average molecular weight is 132 g/mol. The molecule has 0 bridgehead atoms. The molecule has 0 saturated heterocycles. The highest BCUT2D eigenvalue weighted by Crippen LogP contribution is 1.75. The summed E-state index contributed by atoms with van der Waals surface area (Å²) in [7, 11) is 0. The van der Waals surface area contributed by atoms with Crippen LogP contribution in [0.15, 0.2) is 24.3 Å². The van der Waals surface area contributed by atoms with Gasteiger partial charge < -0.3 is 0 Å². The van der Waals surface area contributed by atoms with Crippen LogP contribution in [0, 0.1) is 0 Å². The minimum Gasteiger partial charge on any atom is -0.0912 e. The Kier molecular flexibility index (Phi) is 2.27. The average Bonchev–Trinajstić information content (AvgIpc) is 1.94. The van der Waals surface area contributed by atoms with Gasteiger partial charge in [0.25, 0.3) is 0 Å². The molecule has 52 valence electrons. The molecule has 0 unspecified atom stereocenters. The smallest absolute Gasteiger partial charge is 0.0230 e. The van der Waals surface area contributed by atoms with E-state index in [9.17, 15) is 0 Å². The van der Waals surface area contributed by atoms with Crippen molar-refractivity contribution >= 4 is 12.7 Å². The monoisotopic (exact) mass is 132 g/mol. The Balaban J connectivity index is 3.29. The Labute approximate surface area is 61.5 Å². The zero-order valence-electron chi connectivity index (χ0n) is 6.30. The quantitative estimate of drug-likeness (QED) is 0.540. The van der Waals surface area contributed by atoms with Crippen LogP contribution in [-0.4, -0.2) is 0 Å². The SMILES string of the molecule is C=c1cccc/c1=C/CC. The lowest BCUT2D eigenvalue weighted by molar-refractivity contribution is 1.28. The van der Waals surface area contributed by atoms with Crippen LogP contribution in [0.2, 0.25) is 0 Å². The van der Waals surface area contributed by atoms with Crippen molar-refractivity contribution < 1.29 is 0 Å². The molecule has 0 aliphatic carbocycles. The van der Waals surface area contributed by atoms with Crippen LogP contribution in [0.25, 0.3) is 12.7 Å². The van der Waals surface area contributed by atoms with Crippen molar-refractivity contribution in [2.45, 2.75) is 13.3 Å². The van der Waals surface area contributed by atoms with Gasteiger partial charge in [-0.1, -0.05) is 43.8 Å². The van der Waals surface area contributed by atoms with E-state index < -0.39 is 0 Å². The van der Waals surface area contributed by atoms with Gasteiger partial charge in [-0.15, -0.1) is 0 Å². The fraction of sp³-hybridized carbons (Fsp3) is 0.200. The second kappa shape index (κ2) is 3.21. The zero-order valence-corrected chi connectivity index (χ0v) is 6.30. The van der Waals surface area contributed by atoms with Gasteiger partial charge in [0.15, 0.2) is 0 Å². The highest BCUT2D eigenvalue weighted by atomic mass is 13.8. The summed E-state index contributed by atoms with van der Waals surface area (Å²) in [5.74, 6) is 0. The molecule has 0 amide bonds. The van der Waals surface area contributed by atoms with Crippen LogP contribution in [0.5, 0.6) is 0 Å². The van der Waals surface area contributed by atoms with Crippen molar-refractivity contribution in [3.63, 3.8) is 0 Å². The van der Waals surface area contributed by atoms with Crippen LogP contribution in [0.4, 0.5) is 0 Å². The molecule has 0 saturated carbocycles. The summed E-state index contributed by atoms with van der Waals surface area (Å²) in [5.41, 5.74) is 0. The first kappa shape index (κ1) is 7.07. The molecular formula is C10H12. The van der Waals surface area contributed by atoms with E-state index in [1.807, 2.05) is 18.2 Å². The van der Waals surface area contributed by atoms with Crippen molar-refractivity contribution in [3.8, 4) is 0 Å². The Bertz CT molecular complexity index is 296. The molecule has 0 aliphatic heterocycles. The van der Waals surface area contributed by atoms with Crippen LogP contribution >= 0.6 is 0 Å². The number of hydrogen-bond acceptors (Lipinski definition) is 0. The first-order valence-corrected chi connectivity index (χ1v) is 3.58. The molecule has 0 fully saturated rings. The molecule has 0 aliphatic rings. The molecule has 10 heavy (non-hydrogen) atoms. The fourth-order valence-electron chi connectivity index (χ4n) is 0.953. The first-order chi connectivity index (χ1) is 4.84. The summed E-state index contributed by atoms with van der Waals surface area (Å²) in [6.07, 6.45) is 3.26. The summed E-state index contributed by atoms with van der Waals surface area (Å²) in [4.78, 5) is 0. The molecule has 1 rings (SSSR count). The molecule has 1 aromatic carbocycles. The van der Waals surface area contributed by atoms with Crippen LogP contribution in [0.3, 0.4) is 0 Å². The maximum atomic E-state index is 3.91. The maximum Gasteiger partial charge on any atom is -0.0230 e. The number of hydrogen-bond donors (Lipinski definition) is 0. The molecule has 1 aromatic rings. The standard InChI is InChI=1S/C10H12/c1-3-6-10-8-5-4-7-9(10)2/h4-8H,2-3H2,1H3/b10-6-. The van der Waals surface area contributed by atoms with E-state index in [1.165, 1.54) is 5.22 Å². The van der Waals surface area contributed by atoms with Gasteiger partial charge in [0.1, 0.15) is 0 Å². The highest BCUT2D eigenvalue weighted by Gasteiger charge is 1.76. The zero-order chi connectivity index (χ0) is 7.40. The molecule has 0 heteroatoms. The second-order valence-corrected chi connectivity index (χ2v) is 2.31. The van der Waals surface area contributed by atoms with Gasteiger partial charge in [0.2, 0.25) is 0 Å². The lowest BCUT2D eigenvalue weighted by atomic mass is 10.2. The minimum absolute atomic E-state index is 1.08. The van der Waals surface area contributed by atoms with E-state index in [4.69, 9.17) is 0 Å². The van der Waals surface area contributed by atoms with E-state index in [2.05, 4.69) is 25.6 Å². The van der Waals surface area contributed by atoms with Crippen molar-refractivity contribution in [1.82, 2.24) is 0 Å². The van der Waals surface area contributed by atoms with E-state index in [-0.39, 0.29) is 0 Å². The fourth-order valence-corrected chi connectivity index (χ4v) is 0.953. The molecule has 0 heterocycles. The third-order valence-electron chi connectivity index (χ3n) is 1.48. The Hall–Kier alpha value is -1.04. The predicted octanol–water partition coefficient (Wildman–Crippen LogP) is 1.29. The first-order valence-electron chi connectivity index (χ1n) is 3.58. The molecule has 0 N–H and O–H groups in total. The number of rotatable bonds is 1. The lowest BCUT2D eigenvalue weighted by Crippen LogP contribution is -2.21. The van der Waals surface area contributed by atoms with Crippen molar-refractivity contribution in [3.05, 3.63) is 34.7 Å². The van der Waals surface area contributed by atoms with Gasteiger partial charge >= 0.3 is 0 Å². The largest absolute Gasteiger partial charge is 0.0912 e. The minimum atomic E-state index is 1.08. The molecular weight excluding hydrogens is 120 g/mol. The van der Waals surface area contributed by atoms with Gasteiger partial charge in [0, 0.05) is 0 Å². The number of benzene rings is 1. The Morgan fingerprint density at radius 1 is 1.40 bits per heavy atom. The van der Waals surface area contributed by atoms with Crippen molar-refractivity contribution in [1.29, 1.82) is 0 Å². The predicted molar refractivity (Wildman–Crippen MR) is 46.0 cm³/mol. The van der Waals surface area contributed by atoms with Gasteiger partial charge in [-0.2, -0.15) is 0 Å². The summed E-state index contributed by atoms with van der Waals surface area (Å²) >= 11 is 0. The summed E-state index contributed by atoms with van der Waals surface area (Å²) in [6, 6.07) is 8.17. The van der Waals surface area contributed by atoms with Gasteiger partial charge in [-0.05, 0) is 16.9 Å². The normalized spacial score (nSPS) is 11.9. The Morgan fingerprint density at radius 3 is 2.70 bits per heavy atom. The van der Waals surface area contributed by atoms with Crippen LogP contribution < -0.4 is 10.4 Å². The maximum absolute atomic E-state index is 3.91.